The van der Waals surface area contributed by atoms with E-state index in [0.29, 0.717) is 22.7 Å². The summed E-state index contributed by atoms with van der Waals surface area (Å²) in [6.45, 7) is 4.20. The Bertz CT molecular complexity index is 1160. The van der Waals surface area contributed by atoms with Gasteiger partial charge in [0.1, 0.15) is 19.0 Å². The van der Waals surface area contributed by atoms with Gasteiger partial charge in [-0.05, 0) is 79.2 Å². The number of benzene rings is 3. The van der Waals surface area contributed by atoms with Crippen LogP contribution in [0.1, 0.15) is 30.6 Å². The fourth-order valence-electron chi connectivity index (χ4n) is 3.06. The van der Waals surface area contributed by atoms with Crippen molar-refractivity contribution in [1.82, 2.24) is 0 Å². The SMILES string of the molecule is CC[C@@H](C)C(=O)OCCOc1ccc(C(=O)Nc2ccc(N=Nc3ccc(N(C)C)cc3)cc2)cc1. The Hall–Kier alpha value is -4.20. The molecule has 0 unspecified atom stereocenters. The number of carbonyl (C=O) groups excluding carboxylic acids is 2. The van der Waals surface area contributed by atoms with Gasteiger partial charge in [0.25, 0.3) is 5.91 Å². The van der Waals surface area contributed by atoms with Gasteiger partial charge in [-0.25, -0.2) is 0 Å². The molecule has 36 heavy (non-hydrogen) atoms. The molecule has 1 atom stereocenters. The van der Waals surface area contributed by atoms with E-state index in [1.165, 1.54) is 0 Å². The van der Waals surface area contributed by atoms with E-state index in [-0.39, 0.29) is 31.0 Å². The Morgan fingerprint density at radius 2 is 1.44 bits per heavy atom. The van der Waals surface area contributed by atoms with Crippen LogP contribution in [0.25, 0.3) is 0 Å². The molecule has 3 aromatic carbocycles. The van der Waals surface area contributed by atoms with Crippen LogP contribution in [0.2, 0.25) is 0 Å². The largest absolute Gasteiger partial charge is 0.490 e. The van der Waals surface area contributed by atoms with Crippen LogP contribution in [0.5, 0.6) is 5.75 Å². The lowest BCUT2D eigenvalue weighted by molar-refractivity contribution is -0.148. The zero-order chi connectivity index (χ0) is 25.9. The van der Waals surface area contributed by atoms with Gasteiger partial charge in [0.15, 0.2) is 0 Å². The first-order valence-corrected chi connectivity index (χ1v) is 11.9. The van der Waals surface area contributed by atoms with Crippen molar-refractivity contribution in [3.8, 4) is 5.75 Å². The topological polar surface area (TPSA) is 92.6 Å². The van der Waals surface area contributed by atoms with Gasteiger partial charge in [0, 0.05) is 31.0 Å². The van der Waals surface area contributed by atoms with E-state index in [1.54, 1.807) is 48.5 Å². The zero-order valence-corrected chi connectivity index (χ0v) is 21.1. The molecule has 8 nitrogen and oxygen atoms in total. The zero-order valence-electron chi connectivity index (χ0n) is 21.1. The number of carbonyl (C=O) groups is 2. The fourth-order valence-corrected chi connectivity index (χ4v) is 3.06. The minimum atomic E-state index is -0.237. The van der Waals surface area contributed by atoms with Crippen molar-refractivity contribution in [1.29, 1.82) is 0 Å². The maximum atomic E-state index is 12.6. The highest BCUT2D eigenvalue weighted by Gasteiger charge is 2.11. The van der Waals surface area contributed by atoms with Crippen LogP contribution in [0.3, 0.4) is 0 Å². The normalized spacial score (nSPS) is 11.7. The van der Waals surface area contributed by atoms with Crippen molar-refractivity contribution in [3.05, 3.63) is 78.4 Å². The third-order valence-corrected chi connectivity index (χ3v) is 5.50. The predicted octanol–water partition coefficient (Wildman–Crippen LogP) is 6.39. The van der Waals surface area contributed by atoms with Crippen LogP contribution >= 0.6 is 0 Å². The third kappa shape index (κ3) is 7.94. The number of nitrogens with one attached hydrogen (secondary N) is 1. The highest BCUT2D eigenvalue weighted by atomic mass is 16.6. The molecule has 1 amide bonds. The first kappa shape index (κ1) is 26.4. The third-order valence-electron chi connectivity index (χ3n) is 5.50. The summed E-state index contributed by atoms with van der Waals surface area (Å²) >= 11 is 0. The first-order valence-electron chi connectivity index (χ1n) is 11.9. The Morgan fingerprint density at radius 1 is 0.861 bits per heavy atom. The number of hydrogen-bond donors (Lipinski definition) is 1. The van der Waals surface area contributed by atoms with Gasteiger partial charge >= 0.3 is 5.97 Å². The van der Waals surface area contributed by atoms with E-state index < -0.39 is 0 Å². The van der Waals surface area contributed by atoms with Crippen molar-refractivity contribution < 1.29 is 19.1 Å². The standard InChI is InChI=1S/C28H32N4O4/c1-5-20(2)28(34)36-19-18-35-26-16-6-21(7-17-26)27(33)29-22-8-10-23(11-9-22)30-31-24-12-14-25(15-13-24)32(3)4/h6-17,20H,5,18-19H2,1-4H3,(H,29,33)/t20-/m1/s1. The molecule has 0 aliphatic rings. The molecule has 0 heterocycles. The molecule has 0 fully saturated rings. The summed E-state index contributed by atoms with van der Waals surface area (Å²) in [5, 5.41) is 11.4. The number of ether oxygens (including phenoxy) is 2. The lowest BCUT2D eigenvalue weighted by Crippen LogP contribution is -2.17. The predicted molar refractivity (Wildman–Crippen MR) is 142 cm³/mol. The number of nitrogens with zero attached hydrogens (tertiary/aromatic N) is 3. The molecule has 0 radical (unpaired) electrons. The highest BCUT2D eigenvalue weighted by Crippen LogP contribution is 2.23. The van der Waals surface area contributed by atoms with Gasteiger partial charge in [0.2, 0.25) is 0 Å². The van der Waals surface area contributed by atoms with Crippen molar-refractivity contribution in [2.24, 2.45) is 16.1 Å². The monoisotopic (exact) mass is 488 g/mol. The van der Waals surface area contributed by atoms with Crippen molar-refractivity contribution in [2.45, 2.75) is 20.3 Å². The molecular weight excluding hydrogens is 456 g/mol. The molecule has 0 aliphatic carbocycles. The maximum Gasteiger partial charge on any atom is 0.308 e. The summed E-state index contributed by atoms with van der Waals surface area (Å²) in [7, 11) is 3.97. The van der Waals surface area contributed by atoms with E-state index in [4.69, 9.17) is 9.47 Å². The second-order valence-corrected chi connectivity index (χ2v) is 8.46. The molecule has 188 valence electrons. The molecule has 0 saturated carbocycles. The van der Waals surface area contributed by atoms with Crippen LogP contribution in [0.15, 0.2) is 83.0 Å². The molecule has 0 aliphatic heterocycles. The number of rotatable bonds is 11. The van der Waals surface area contributed by atoms with Gasteiger partial charge in [-0.2, -0.15) is 10.2 Å². The molecule has 3 aromatic rings. The van der Waals surface area contributed by atoms with E-state index in [2.05, 4.69) is 15.5 Å². The average molecular weight is 489 g/mol. The summed E-state index contributed by atoms with van der Waals surface area (Å²) in [6.07, 6.45) is 0.741. The summed E-state index contributed by atoms with van der Waals surface area (Å²) in [6, 6.07) is 21.7. The molecule has 0 bridgehead atoms. The van der Waals surface area contributed by atoms with Crippen molar-refractivity contribution in [2.75, 3.05) is 37.5 Å². The quantitative estimate of drug-likeness (QED) is 0.192. The van der Waals surface area contributed by atoms with Gasteiger partial charge in [-0.1, -0.05) is 13.8 Å². The van der Waals surface area contributed by atoms with Crippen molar-refractivity contribution in [3.63, 3.8) is 0 Å². The smallest absolute Gasteiger partial charge is 0.308 e. The molecular formula is C28H32N4O4. The maximum absolute atomic E-state index is 12.6. The number of hydrogen-bond acceptors (Lipinski definition) is 7. The van der Waals surface area contributed by atoms with E-state index in [9.17, 15) is 9.59 Å². The summed E-state index contributed by atoms with van der Waals surface area (Å²) < 4.78 is 10.7. The molecule has 0 aromatic heterocycles. The van der Waals surface area contributed by atoms with E-state index in [1.807, 2.05) is 57.1 Å². The Balaban J connectivity index is 1.47. The lowest BCUT2D eigenvalue weighted by Gasteiger charge is -2.11. The lowest BCUT2D eigenvalue weighted by atomic mass is 10.1. The fraction of sp³-hybridized carbons (Fsp3) is 0.286. The van der Waals surface area contributed by atoms with Crippen LogP contribution < -0.4 is 15.0 Å². The van der Waals surface area contributed by atoms with Gasteiger partial charge in [-0.3, -0.25) is 9.59 Å². The first-order chi connectivity index (χ1) is 17.4. The van der Waals surface area contributed by atoms with Crippen LogP contribution in [0, 0.1) is 5.92 Å². The minimum absolute atomic E-state index is 0.116. The number of azo groups is 1. The van der Waals surface area contributed by atoms with Gasteiger partial charge in [0.05, 0.1) is 17.3 Å². The second-order valence-electron chi connectivity index (χ2n) is 8.46. The molecule has 8 heteroatoms. The van der Waals surface area contributed by atoms with Crippen LogP contribution in [-0.2, 0) is 9.53 Å². The van der Waals surface area contributed by atoms with Gasteiger partial charge in [-0.15, -0.1) is 0 Å². The summed E-state index contributed by atoms with van der Waals surface area (Å²) in [5.41, 5.74) is 3.68. The molecule has 0 saturated heterocycles. The summed E-state index contributed by atoms with van der Waals surface area (Å²) in [4.78, 5) is 26.3. The molecule has 0 spiro atoms. The summed E-state index contributed by atoms with van der Waals surface area (Å²) in [5.74, 6) is 0.0188. The molecule has 1 N–H and O–H groups in total. The van der Waals surface area contributed by atoms with Crippen LogP contribution in [-0.4, -0.2) is 39.2 Å². The molecule has 3 rings (SSSR count). The average Bonchev–Trinajstić information content (AvgIpc) is 2.90. The minimum Gasteiger partial charge on any atom is -0.490 e. The van der Waals surface area contributed by atoms with E-state index >= 15 is 0 Å². The number of anilines is 2. The Kier molecular flexibility index (Phi) is 9.56. The van der Waals surface area contributed by atoms with E-state index in [0.717, 1.165) is 17.8 Å². The number of esters is 1. The highest BCUT2D eigenvalue weighted by molar-refractivity contribution is 6.04. The number of amides is 1. The Labute approximate surface area is 212 Å². The van der Waals surface area contributed by atoms with Gasteiger partial charge < -0.3 is 19.7 Å². The second kappa shape index (κ2) is 13.0. The van der Waals surface area contributed by atoms with Crippen LogP contribution in [0.4, 0.5) is 22.7 Å². The Morgan fingerprint density at radius 3 is 2.00 bits per heavy atom. The van der Waals surface area contributed by atoms with Crippen molar-refractivity contribution >= 4 is 34.6 Å².